The van der Waals surface area contributed by atoms with Crippen LogP contribution in [-0.4, -0.2) is 11.9 Å². The van der Waals surface area contributed by atoms with Gasteiger partial charge in [-0.05, 0) is 30.9 Å². The summed E-state index contributed by atoms with van der Waals surface area (Å²) in [6.45, 7) is 2.14. The lowest BCUT2D eigenvalue weighted by Crippen LogP contribution is -2.38. The van der Waals surface area contributed by atoms with E-state index >= 15 is 0 Å². The molecule has 1 aromatic rings. The van der Waals surface area contributed by atoms with Crippen molar-refractivity contribution in [3.63, 3.8) is 0 Å². The monoisotopic (exact) mass is 253 g/mol. The van der Waals surface area contributed by atoms with Crippen molar-refractivity contribution in [3.8, 4) is 0 Å². The van der Waals surface area contributed by atoms with Crippen molar-refractivity contribution < 1.29 is 13.6 Å². The van der Waals surface area contributed by atoms with E-state index in [0.717, 1.165) is 25.3 Å². The van der Waals surface area contributed by atoms with E-state index in [2.05, 4.69) is 12.2 Å². The molecule has 1 aromatic carbocycles. The van der Waals surface area contributed by atoms with Gasteiger partial charge in [-0.2, -0.15) is 0 Å². The zero-order chi connectivity index (χ0) is 13.1. The van der Waals surface area contributed by atoms with Crippen molar-refractivity contribution in [2.24, 2.45) is 5.92 Å². The number of carbonyl (C=O) groups is 1. The molecule has 0 aromatic heterocycles. The molecule has 0 heterocycles. The summed E-state index contributed by atoms with van der Waals surface area (Å²) in [5, 5.41) is 2.79. The fraction of sp³-hybridized carbons (Fsp3) is 0.500. The van der Waals surface area contributed by atoms with Gasteiger partial charge in [0.2, 0.25) is 0 Å². The lowest BCUT2D eigenvalue weighted by atomic mass is 9.87. The van der Waals surface area contributed by atoms with Crippen molar-refractivity contribution in [3.05, 3.63) is 35.4 Å². The average molecular weight is 253 g/mol. The molecule has 1 fully saturated rings. The van der Waals surface area contributed by atoms with E-state index in [-0.39, 0.29) is 11.6 Å². The SMILES string of the molecule is CC1CCCC(NC(=O)c2cccc(F)c2F)C1. The third-order valence-electron chi connectivity index (χ3n) is 3.47. The van der Waals surface area contributed by atoms with Gasteiger partial charge in [0.25, 0.3) is 5.91 Å². The number of benzene rings is 1. The highest BCUT2D eigenvalue weighted by Crippen LogP contribution is 2.24. The largest absolute Gasteiger partial charge is 0.349 e. The Balaban J connectivity index is 2.05. The van der Waals surface area contributed by atoms with Crippen molar-refractivity contribution in [2.45, 2.75) is 38.6 Å². The van der Waals surface area contributed by atoms with Crippen LogP contribution in [0.3, 0.4) is 0 Å². The summed E-state index contributed by atoms with van der Waals surface area (Å²) in [5.74, 6) is -2.01. The van der Waals surface area contributed by atoms with Gasteiger partial charge in [0.1, 0.15) is 0 Å². The Hall–Kier alpha value is -1.45. The van der Waals surface area contributed by atoms with Crippen LogP contribution in [0.5, 0.6) is 0 Å². The van der Waals surface area contributed by atoms with Crippen molar-refractivity contribution in [1.82, 2.24) is 5.32 Å². The first-order valence-electron chi connectivity index (χ1n) is 6.33. The summed E-state index contributed by atoms with van der Waals surface area (Å²) >= 11 is 0. The highest BCUT2D eigenvalue weighted by Gasteiger charge is 2.22. The van der Waals surface area contributed by atoms with Gasteiger partial charge in [0.15, 0.2) is 11.6 Å². The second-order valence-electron chi connectivity index (χ2n) is 5.04. The second-order valence-corrected chi connectivity index (χ2v) is 5.04. The summed E-state index contributed by atoms with van der Waals surface area (Å²) in [6.07, 6.45) is 4.05. The standard InChI is InChI=1S/C14H17F2NO/c1-9-4-2-5-10(8-9)17-14(18)11-6-3-7-12(15)13(11)16/h3,6-7,9-10H,2,4-5,8H2,1H3,(H,17,18). The van der Waals surface area contributed by atoms with Gasteiger partial charge in [-0.15, -0.1) is 0 Å². The molecule has 4 heteroatoms. The molecule has 1 N–H and O–H groups in total. The van der Waals surface area contributed by atoms with Crippen LogP contribution in [0.2, 0.25) is 0 Å². The van der Waals surface area contributed by atoms with E-state index < -0.39 is 17.5 Å². The first-order chi connectivity index (χ1) is 8.58. The number of nitrogens with one attached hydrogen (secondary N) is 1. The summed E-state index contributed by atoms with van der Waals surface area (Å²) in [6, 6.07) is 3.73. The molecule has 0 bridgehead atoms. The Kier molecular flexibility index (Phi) is 3.94. The van der Waals surface area contributed by atoms with E-state index in [1.165, 1.54) is 18.6 Å². The lowest BCUT2D eigenvalue weighted by Gasteiger charge is -2.27. The van der Waals surface area contributed by atoms with Crippen LogP contribution < -0.4 is 5.32 Å². The molecule has 2 atom stereocenters. The quantitative estimate of drug-likeness (QED) is 0.861. The molecule has 0 saturated heterocycles. The summed E-state index contributed by atoms with van der Waals surface area (Å²) in [7, 11) is 0. The minimum Gasteiger partial charge on any atom is -0.349 e. The minimum atomic E-state index is -1.07. The predicted octanol–water partition coefficient (Wildman–Crippen LogP) is 3.27. The third kappa shape index (κ3) is 2.86. The molecule has 98 valence electrons. The molecular formula is C14H17F2NO. The first-order valence-corrected chi connectivity index (χ1v) is 6.33. The van der Waals surface area contributed by atoms with Gasteiger partial charge in [0, 0.05) is 6.04 Å². The molecule has 0 spiro atoms. The fourth-order valence-corrected chi connectivity index (χ4v) is 2.51. The van der Waals surface area contributed by atoms with Gasteiger partial charge in [-0.25, -0.2) is 8.78 Å². The maximum atomic E-state index is 13.4. The van der Waals surface area contributed by atoms with E-state index in [4.69, 9.17) is 0 Å². The number of amides is 1. The molecule has 2 unspecified atom stereocenters. The molecule has 1 aliphatic rings. The van der Waals surface area contributed by atoms with Gasteiger partial charge in [-0.1, -0.05) is 25.8 Å². The Morgan fingerprint density at radius 2 is 2.11 bits per heavy atom. The molecule has 18 heavy (non-hydrogen) atoms. The lowest BCUT2D eigenvalue weighted by molar-refractivity contribution is 0.0916. The predicted molar refractivity (Wildman–Crippen MR) is 65.2 cm³/mol. The van der Waals surface area contributed by atoms with Gasteiger partial charge < -0.3 is 5.32 Å². The van der Waals surface area contributed by atoms with Crippen LogP contribution >= 0.6 is 0 Å². The fourth-order valence-electron chi connectivity index (χ4n) is 2.51. The van der Waals surface area contributed by atoms with Crippen LogP contribution in [0.1, 0.15) is 43.0 Å². The van der Waals surface area contributed by atoms with E-state index in [1.807, 2.05) is 0 Å². The van der Waals surface area contributed by atoms with Crippen LogP contribution in [0.4, 0.5) is 8.78 Å². The molecule has 1 saturated carbocycles. The molecule has 1 aliphatic carbocycles. The average Bonchev–Trinajstić information content (AvgIpc) is 2.32. The van der Waals surface area contributed by atoms with Gasteiger partial charge in [0.05, 0.1) is 5.56 Å². The molecule has 0 radical (unpaired) electrons. The van der Waals surface area contributed by atoms with E-state index in [0.29, 0.717) is 5.92 Å². The molecule has 0 aliphatic heterocycles. The minimum absolute atomic E-state index is 0.0731. The Morgan fingerprint density at radius 1 is 1.33 bits per heavy atom. The maximum absolute atomic E-state index is 13.4. The van der Waals surface area contributed by atoms with Crippen LogP contribution in [0.25, 0.3) is 0 Å². The normalized spacial score (nSPS) is 23.7. The molecule has 2 nitrogen and oxygen atoms in total. The zero-order valence-electron chi connectivity index (χ0n) is 10.4. The van der Waals surface area contributed by atoms with Crippen molar-refractivity contribution in [2.75, 3.05) is 0 Å². The highest BCUT2D eigenvalue weighted by molar-refractivity contribution is 5.94. The number of hydrogen-bond donors (Lipinski definition) is 1. The van der Waals surface area contributed by atoms with E-state index in [1.54, 1.807) is 0 Å². The zero-order valence-corrected chi connectivity index (χ0v) is 10.4. The van der Waals surface area contributed by atoms with Crippen molar-refractivity contribution in [1.29, 1.82) is 0 Å². The topological polar surface area (TPSA) is 29.1 Å². The number of carbonyl (C=O) groups excluding carboxylic acids is 1. The second kappa shape index (κ2) is 5.46. The Bertz CT molecular complexity index is 447. The Labute approximate surface area is 105 Å². The van der Waals surface area contributed by atoms with Gasteiger partial charge in [-0.3, -0.25) is 4.79 Å². The van der Waals surface area contributed by atoms with Crippen molar-refractivity contribution >= 4 is 5.91 Å². The molecule has 2 rings (SSSR count). The first kappa shape index (κ1) is 13.0. The summed E-state index contributed by atoms with van der Waals surface area (Å²) in [5.41, 5.74) is -0.215. The molecule has 1 amide bonds. The third-order valence-corrected chi connectivity index (χ3v) is 3.47. The van der Waals surface area contributed by atoms with Gasteiger partial charge >= 0.3 is 0 Å². The maximum Gasteiger partial charge on any atom is 0.254 e. The van der Waals surface area contributed by atoms with E-state index in [9.17, 15) is 13.6 Å². The Morgan fingerprint density at radius 3 is 2.83 bits per heavy atom. The van der Waals surface area contributed by atoms with Crippen LogP contribution in [-0.2, 0) is 0 Å². The number of halogens is 2. The highest BCUT2D eigenvalue weighted by atomic mass is 19.2. The summed E-state index contributed by atoms with van der Waals surface area (Å²) < 4.78 is 26.5. The molecular weight excluding hydrogens is 236 g/mol. The number of hydrogen-bond acceptors (Lipinski definition) is 1. The van der Waals surface area contributed by atoms with Crippen LogP contribution in [0.15, 0.2) is 18.2 Å². The number of rotatable bonds is 2. The van der Waals surface area contributed by atoms with Crippen LogP contribution in [0, 0.1) is 17.6 Å². The summed E-state index contributed by atoms with van der Waals surface area (Å²) in [4.78, 5) is 11.9. The smallest absolute Gasteiger partial charge is 0.254 e.